The Bertz CT molecular complexity index is 464. The van der Waals surface area contributed by atoms with Crippen molar-refractivity contribution in [3.05, 3.63) is 28.8 Å². The van der Waals surface area contributed by atoms with Crippen LogP contribution < -0.4 is 4.74 Å². The molecular weight excluding hydrogens is 237 g/mol. The van der Waals surface area contributed by atoms with E-state index >= 15 is 0 Å². The molecule has 0 bridgehead atoms. The number of ether oxygens (including phenoxy) is 1. The molecule has 92 valence electrons. The number of rotatable bonds is 3. The molecule has 17 heavy (non-hydrogen) atoms. The minimum atomic E-state index is -4.67. The van der Waals surface area contributed by atoms with Gasteiger partial charge >= 0.3 is 6.18 Å². The zero-order valence-corrected chi connectivity index (χ0v) is 9.09. The predicted octanol–water partition coefficient (Wildman–Crippen LogP) is 2.73. The number of alkyl halides is 3. The Hall–Kier alpha value is -1.85. The van der Waals surface area contributed by atoms with E-state index < -0.39 is 23.1 Å². The molecule has 0 unspecified atom stereocenters. The van der Waals surface area contributed by atoms with Crippen LogP contribution in [0.15, 0.2) is 12.1 Å². The summed E-state index contributed by atoms with van der Waals surface area (Å²) in [6.45, 7) is 1.01. The lowest BCUT2D eigenvalue weighted by Crippen LogP contribution is -2.13. The molecular formula is C11H9F3O3. The monoisotopic (exact) mass is 246 g/mol. The lowest BCUT2D eigenvalue weighted by atomic mass is 10.00. The van der Waals surface area contributed by atoms with Crippen molar-refractivity contribution in [1.82, 2.24) is 0 Å². The molecule has 0 atom stereocenters. The second-order valence-electron chi connectivity index (χ2n) is 3.31. The lowest BCUT2D eigenvalue weighted by Gasteiger charge is -2.14. The van der Waals surface area contributed by atoms with Crippen molar-refractivity contribution in [1.29, 1.82) is 0 Å². The predicted molar refractivity (Wildman–Crippen MR) is 53.4 cm³/mol. The molecule has 0 heterocycles. The summed E-state index contributed by atoms with van der Waals surface area (Å²) in [6.07, 6.45) is -4.33. The van der Waals surface area contributed by atoms with Gasteiger partial charge in [-0.1, -0.05) is 0 Å². The van der Waals surface area contributed by atoms with E-state index in [0.29, 0.717) is 12.4 Å². The zero-order valence-electron chi connectivity index (χ0n) is 9.09. The van der Waals surface area contributed by atoms with Crippen LogP contribution in [0.1, 0.15) is 33.2 Å². The molecule has 0 aliphatic carbocycles. The summed E-state index contributed by atoms with van der Waals surface area (Å²) in [6, 6.07) is 1.54. The van der Waals surface area contributed by atoms with Gasteiger partial charge in [-0.15, -0.1) is 0 Å². The molecule has 0 saturated carbocycles. The third-order valence-electron chi connectivity index (χ3n) is 2.18. The Balaban J connectivity index is 3.57. The molecule has 1 rings (SSSR count). The van der Waals surface area contributed by atoms with Crippen molar-refractivity contribution < 1.29 is 27.5 Å². The van der Waals surface area contributed by atoms with Crippen LogP contribution in [0.25, 0.3) is 0 Å². The van der Waals surface area contributed by atoms with Gasteiger partial charge in [0.05, 0.1) is 18.2 Å². The van der Waals surface area contributed by atoms with Crippen molar-refractivity contribution in [2.75, 3.05) is 7.11 Å². The summed E-state index contributed by atoms with van der Waals surface area (Å²) in [7, 11) is 1.15. The number of benzene rings is 1. The van der Waals surface area contributed by atoms with E-state index in [-0.39, 0.29) is 11.3 Å². The third-order valence-corrected chi connectivity index (χ3v) is 2.18. The first-order valence-corrected chi connectivity index (χ1v) is 4.56. The van der Waals surface area contributed by atoms with E-state index in [1.807, 2.05) is 0 Å². The van der Waals surface area contributed by atoms with Crippen LogP contribution in [0.2, 0.25) is 0 Å². The van der Waals surface area contributed by atoms with E-state index in [9.17, 15) is 22.8 Å². The number of Topliss-reactive ketones (excluding diaryl/α,β-unsaturated/α-hetero) is 1. The van der Waals surface area contributed by atoms with Gasteiger partial charge < -0.3 is 4.74 Å². The number of hydrogen-bond acceptors (Lipinski definition) is 3. The molecule has 6 heteroatoms. The van der Waals surface area contributed by atoms with Crippen LogP contribution >= 0.6 is 0 Å². The SMILES string of the molecule is COc1cc(C(F)(F)F)c(C(C)=O)cc1C=O. The van der Waals surface area contributed by atoms with Gasteiger partial charge in [0.1, 0.15) is 5.75 Å². The Labute approximate surface area is 95.2 Å². The molecule has 0 N–H and O–H groups in total. The van der Waals surface area contributed by atoms with Gasteiger partial charge in [0, 0.05) is 5.56 Å². The molecule has 0 fully saturated rings. The molecule has 3 nitrogen and oxygen atoms in total. The van der Waals surface area contributed by atoms with Gasteiger partial charge in [0.25, 0.3) is 0 Å². The highest BCUT2D eigenvalue weighted by Crippen LogP contribution is 2.35. The summed E-state index contributed by atoms with van der Waals surface area (Å²) < 4.78 is 42.7. The number of aldehydes is 1. The molecule has 0 spiro atoms. The van der Waals surface area contributed by atoms with E-state index in [0.717, 1.165) is 20.1 Å². The van der Waals surface area contributed by atoms with E-state index in [4.69, 9.17) is 0 Å². The maximum Gasteiger partial charge on any atom is 0.417 e. The number of hydrogen-bond donors (Lipinski definition) is 0. The second kappa shape index (κ2) is 4.57. The maximum absolute atomic E-state index is 12.7. The van der Waals surface area contributed by atoms with Gasteiger partial charge in [0.2, 0.25) is 0 Å². The van der Waals surface area contributed by atoms with Crippen molar-refractivity contribution in [3.8, 4) is 5.75 Å². The fraction of sp³-hybridized carbons (Fsp3) is 0.273. The fourth-order valence-electron chi connectivity index (χ4n) is 1.39. The lowest BCUT2D eigenvalue weighted by molar-refractivity contribution is -0.138. The molecule has 0 saturated heterocycles. The Morgan fingerprint density at radius 1 is 1.35 bits per heavy atom. The van der Waals surface area contributed by atoms with Crippen LogP contribution in [-0.4, -0.2) is 19.2 Å². The molecule has 0 aliphatic rings. The van der Waals surface area contributed by atoms with Crippen molar-refractivity contribution in [2.24, 2.45) is 0 Å². The summed E-state index contributed by atoms with van der Waals surface area (Å²) >= 11 is 0. The minimum Gasteiger partial charge on any atom is -0.496 e. The summed E-state index contributed by atoms with van der Waals surface area (Å²) in [5, 5.41) is 0. The number of halogens is 3. The van der Waals surface area contributed by atoms with E-state index in [1.54, 1.807) is 0 Å². The molecule has 0 radical (unpaired) electrons. The average Bonchev–Trinajstić information content (AvgIpc) is 2.25. The highest BCUT2D eigenvalue weighted by molar-refractivity contribution is 5.98. The molecule has 0 aliphatic heterocycles. The first-order valence-electron chi connectivity index (χ1n) is 4.56. The summed E-state index contributed by atoms with van der Waals surface area (Å²) in [4.78, 5) is 21.8. The molecule has 0 aromatic heterocycles. The van der Waals surface area contributed by atoms with E-state index in [2.05, 4.69) is 4.74 Å². The first kappa shape index (κ1) is 13.2. The van der Waals surface area contributed by atoms with E-state index in [1.165, 1.54) is 0 Å². The summed E-state index contributed by atoms with van der Waals surface area (Å²) in [5.41, 5.74) is -1.74. The fourth-order valence-corrected chi connectivity index (χ4v) is 1.39. The van der Waals surface area contributed by atoms with Gasteiger partial charge in [-0.05, 0) is 19.1 Å². The normalized spacial score (nSPS) is 11.1. The van der Waals surface area contributed by atoms with Gasteiger partial charge in [-0.25, -0.2) is 0 Å². The number of carbonyl (C=O) groups is 2. The second-order valence-corrected chi connectivity index (χ2v) is 3.31. The van der Waals surface area contributed by atoms with Crippen molar-refractivity contribution in [2.45, 2.75) is 13.1 Å². The standard InChI is InChI=1S/C11H9F3O3/c1-6(16)8-3-7(5-15)10(17-2)4-9(8)11(12,13)14/h3-5H,1-2H3. The van der Waals surface area contributed by atoms with Crippen LogP contribution in [0.5, 0.6) is 5.75 Å². The number of methoxy groups -OCH3 is 1. The van der Waals surface area contributed by atoms with Crippen molar-refractivity contribution in [3.63, 3.8) is 0 Å². The zero-order chi connectivity index (χ0) is 13.2. The van der Waals surface area contributed by atoms with Crippen LogP contribution in [0.3, 0.4) is 0 Å². The quantitative estimate of drug-likeness (QED) is 0.608. The van der Waals surface area contributed by atoms with Gasteiger partial charge in [-0.2, -0.15) is 13.2 Å². The number of ketones is 1. The maximum atomic E-state index is 12.7. The largest absolute Gasteiger partial charge is 0.496 e. The Morgan fingerprint density at radius 2 is 1.94 bits per heavy atom. The van der Waals surface area contributed by atoms with Crippen LogP contribution in [0, 0.1) is 0 Å². The molecule has 1 aromatic rings. The first-order chi connectivity index (χ1) is 7.81. The van der Waals surface area contributed by atoms with Gasteiger partial charge in [0.15, 0.2) is 12.1 Å². The van der Waals surface area contributed by atoms with Crippen LogP contribution in [0.4, 0.5) is 13.2 Å². The highest BCUT2D eigenvalue weighted by atomic mass is 19.4. The molecule has 1 aromatic carbocycles. The number of carbonyl (C=O) groups excluding carboxylic acids is 2. The summed E-state index contributed by atoms with van der Waals surface area (Å²) in [5.74, 6) is -0.972. The van der Waals surface area contributed by atoms with Gasteiger partial charge in [-0.3, -0.25) is 9.59 Å². The average molecular weight is 246 g/mol. The Morgan fingerprint density at radius 3 is 2.29 bits per heavy atom. The van der Waals surface area contributed by atoms with Crippen molar-refractivity contribution >= 4 is 12.1 Å². The molecule has 0 amide bonds. The smallest absolute Gasteiger partial charge is 0.417 e. The van der Waals surface area contributed by atoms with Crippen LogP contribution in [-0.2, 0) is 6.18 Å². The third kappa shape index (κ3) is 2.64. The minimum absolute atomic E-state index is 0.0919. The Kier molecular flexibility index (Phi) is 3.55. The highest BCUT2D eigenvalue weighted by Gasteiger charge is 2.35. The topological polar surface area (TPSA) is 43.4 Å².